The summed E-state index contributed by atoms with van der Waals surface area (Å²) in [6.45, 7) is 0. The van der Waals surface area contributed by atoms with Crippen LogP contribution >= 0.6 is 0 Å². The van der Waals surface area contributed by atoms with Gasteiger partial charge in [0.05, 0.1) is 0 Å². The summed E-state index contributed by atoms with van der Waals surface area (Å²) in [4.78, 5) is 25.3. The van der Waals surface area contributed by atoms with E-state index in [4.69, 9.17) is 5.11 Å². The van der Waals surface area contributed by atoms with Crippen molar-refractivity contribution in [3.05, 3.63) is 0 Å². The summed E-state index contributed by atoms with van der Waals surface area (Å²) in [6.07, 6.45) is -1.04. The molecule has 0 aromatic heterocycles. The first-order valence-corrected chi connectivity index (χ1v) is 2.56. The van der Waals surface area contributed by atoms with Gasteiger partial charge >= 0.3 is 38.1 Å². The van der Waals surface area contributed by atoms with Crippen molar-refractivity contribution < 1.29 is 58.4 Å². The molecule has 0 bridgehead atoms. The van der Waals surface area contributed by atoms with Crippen molar-refractivity contribution >= 4 is 19.3 Å². The van der Waals surface area contributed by atoms with Crippen molar-refractivity contribution in [1.29, 1.82) is 0 Å². The van der Waals surface area contributed by atoms with E-state index in [0.29, 0.717) is 0 Å². The summed E-state index contributed by atoms with van der Waals surface area (Å²) in [5, 5.41) is 7.97. The van der Waals surface area contributed by atoms with Crippen molar-refractivity contribution in [2.45, 2.75) is 6.42 Å². The molecule has 0 spiro atoms. The molecule has 0 aromatic carbocycles. The van der Waals surface area contributed by atoms with Crippen LogP contribution < -0.4 is 18.9 Å². The molecule has 0 aliphatic heterocycles. The average molecular weight is 192 g/mol. The third kappa shape index (κ3) is 7.73. The zero-order valence-corrected chi connectivity index (χ0v) is 6.53. The molecule has 70 valence electrons. The maximum Gasteiger partial charge on any atom is 1.00 e. The Morgan fingerprint density at radius 3 is 2.15 bits per heavy atom. The van der Waals surface area contributed by atoms with Gasteiger partial charge in [-0.1, -0.05) is 9.05 Å². The van der Waals surface area contributed by atoms with Crippen molar-refractivity contribution in [2.24, 2.45) is 0 Å². The molecular formula is C3H4BF2LiO6. The molecule has 0 amide bonds. The first kappa shape index (κ1) is 14.9. The van der Waals surface area contributed by atoms with E-state index in [1.807, 2.05) is 0 Å². The molecular weight excluding hydrogens is 188 g/mol. The summed E-state index contributed by atoms with van der Waals surface area (Å²) >= 11 is 0. The van der Waals surface area contributed by atoms with Gasteiger partial charge in [0, 0.05) is 0 Å². The molecule has 6 nitrogen and oxygen atoms in total. The van der Waals surface area contributed by atoms with Crippen LogP contribution in [0, 0.1) is 0 Å². The van der Waals surface area contributed by atoms with Crippen molar-refractivity contribution in [2.75, 3.05) is 0 Å². The third-order valence-corrected chi connectivity index (χ3v) is 0.669. The van der Waals surface area contributed by atoms with Gasteiger partial charge < -0.3 is 11.2 Å². The number of halogens is 2. The van der Waals surface area contributed by atoms with Gasteiger partial charge in [-0.25, -0.2) is 0 Å². The van der Waals surface area contributed by atoms with Gasteiger partial charge in [0.2, 0.25) is 0 Å². The van der Waals surface area contributed by atoms with Gasteiger partial charge in [-0.15, -0.1) is 0 Å². The summed E-state index contributed by atoms with van der Waals surface area (Å²) < 4.78 is 25.8. The molecule has 0 aliphatic carbocycles. The SMILES string of the molecule is O=C(O)CC(=O)OB(OF)OF.[H-].[Li+]. The molecule has 0 radical (unpaired) electrons. The predicted octanol–water partition coefficient (Wildman–Crippen LogP) is -3.09. The van der Waals surface area contributed by atoms with Crippen LogP contribution in [0.1, 0.15) is 7.85 Å². The summed E-state index contributed by atoms with van der Waals surface area (Å²) in [6, 6.07) is 0. The number of carboxylic acids is 1. The van der Waals surface area contributed by atoms with Gasteiger partial charge in [0.15, 0.2) is 0 Å². The van der Waals surface area contributed by atoms with Gasteiger partial charge in [0.1, 0.15) is 6.42 Å². The number of aliphatic carboxylic acids is 1. The Morgan fingerprint density at radius 2 is 1.85 bits per heavy atom. The van der Waals surface area contributed by atoms with Crippen LogP contribution in [-0.2, 0) is 24.0 Å². The Labute approximate surface area is 84.8 Å². The summed E-state index contributed by atoms with van der Waals surface area (Å²) in [5.74, 6) is -2.89. The van der Waals surface area contributed by atoms with E-state index in [0.717, 1.165) is 0 Å². The maximum atomic E-state index is 11.1. The van der Waals surface area contributed by atoms with E-state index < -0.39 is 25.7 Å². The van der Waals surface area contributed by atoms with E-state index in [1.165, 1.54) is 0 Å². The fraction of sp³-hybridized carbons (Fsp3) is 0.333. The smallest absolute Gasteiger partial charge is 1.00 e. The largest absolute Gasteiger partial charge is 1.00 e. The normalized spacial score (nSPS) is 8.46. The van der Waals surface area contributed by atoms with E-state index in [2.05, 4.69) is 14.4 Å². The van der Waals surface area contributed by atoms with E-state index in [9.17, 15) is 18.6 Å². The second-order valence-corrected chi connectivity index (χ2v) is 1.53. The topological polar surface area (TPSA) is 82.1 Å². The van der Waals surface area contributed by atoms with E-state index in [1.54, 1.807) is 0 Å². The van der Waals surface area contributed by atoms with Gasteiger partial charge in [0.25, 0.3) is 0 Å². The Balaban J connectivity index is -0.000000605. The minimum absolute atomic E-state index is 0. The standard InChI is InChI=1S/C3H3BF2O6.Li.H/c5-11-4(12-6)10-3(9)1-2(7)8;;/h1H2,(H,7,8);;/q;+1;-1. The van der Waals surface area contributed by atoms with Gasteiger partial charge in [-0.2, -0.15) is 9.72 Å². The number of carbonyl (C=O) groups is 2. The molecule has 0 unspecified atom stereocenters. The minimum Gasteiger partial charge on any atom is -1.00 e. The zero-order valence-electron chi connectivity index (χ0n) is 7.53. The number of carboxylic acid groups (broad SMARTS) is 1. The summed E-state index contributed by atoms with van der Waals surface area (Å²) in [5.41, 5.74) is 0. The first-order valence-electron chi connectivity index (χ1n) is 2.56. The fourth-order valence-electron chi connectivity index (χ4n) is 0.323. The van der Waals surface area contributed by atoms with Crippen molar-refractivity contribution in [3.8, 4) is 0 Å². The van der Waals surface area contributed by atoms with Crippen LogP contribution in [0.25, 0.3) is 0 Å². The van der Waals surface area contributed by atoms with E-state index in [-0.39, 0.29) is 20.3 Å². The molecule has 10 heteroatoms. The predicted molar refractivity (Wildman–Crippen MR) is 29.6 cm³/mol. The fourth-order valence-corrected chi connectivity index (χ4v) is 0.323. The molecule has 0 heterocycles. The first-order chi connectivity index (χ1) is 5.60. The second-order valence-electron chi connectivity index (χ2n) is 1.53. The molecule has 1 N–H and O–H groups in total. The molecule has 0 fully saturated rings. The van der Waals surface area contributed by atoms with Crippen LogP contribution in [0.5, 0.6) is 0 Å². The third-order valence-electron chi connectivity index (χ3n) is 0.669. The minimum atomic E-state index is -2.48. The Bertz CT molecular complexity index is 180. The average Bonchev–Trinajstić information content (AvgIpc) is 1.98. The van der Waals surface area contributed by atoms with Crippen molar-refractivity contribution in [1.82, 2.24) is 0 Å². The molecule has 0 saturated carbocycles. The Kier molecular flexibility index (Phi) is 9.16. The molecule has 0 aliphatic rings. The monoisotopic (exact) mass is 192 g/mol. The number of rotatable bonds is 5. The number of carbonyl (C=O) groups excluding carboxylic acids is 1. The van der Waals surface area contributed by atoms with Crippen molar-refractivity contribution in [3.63, 3.8) is 0 Å². The van der Waals surface area contributed by atoms with Crippen LogP contribution in [-0.4, -0.2) is 24.4 Å². The molecule has 0 atom stereocenters. The Hall–Kier alpha value is -0.618. The number of hydrogen-bond donors (Lipinski definition) is 1. The van der Waals surface area contributed by atoms with E-state index >= 15 is 0 Å². The number of hydrogen-bond acceptors (Lipinski definition) is 5. The molecule has 13 heavy (non-hydrogen) atoms. The van der Waals surface area contributed by atoms with Crippen LogP contribution in [0.3, 0.4) is 0 Å². The second kappa shape index (κ2) is 8.00. The zero-order chi connectivity index (χ0) is 9.56. The maximum absolute atomic E-state index is 11.1. The van der Waals surface area contributed by atoms with Crippen LogP contribution in [0.15, 0.2) is 0 Å². The molecule has 0 saturated heterocycles. The van der Waals surface area contributed by atoms with Gasteiger partial charge in [-0.05, 0) is 0 Å². The summed E-state index contributed by atoms with van der Waals surface area (Å²) in [7, 11) is -2.48. The van der Waals surface area contributed by atoms with Crippen LogP contribution in [0.4, 0.5) is 9.05 Å². The molecule has 0 rings (SSSR count). The van der Waals surface area contributed by atoms with Crippen LogP contribution in [0.2, 0.25) is 0 Å². The molecule has 0 aromatic rings. The van der Waals surface area contributed by atoms with Gasteiger partial charge in [-0.3, -0.25) is 9.59 Å². The Morgan fingerprint density at radius 1 is 1.38 bits per heavy atom. The quantitative estimate of drug-likeness (QED) is 0.367.